The van der Waals surface area contributed by atoms with Gasteiger partial charge in [-0.15, -0.1) is 0 Å². The van der Waals surface area contributed by atoms with Crippen LogP contribution in [0.15, 0.2) is 18.2 Å². The van der Waals surface area contributed by atoms with Crippen molar-refractivity contribution in [1.82, 2.24) is 0 Å². The minimum absolute atomic E-state index is 0.243. The van der Waals surface area contributed by atoms with Gasteiger partial charge in [0, 0.05) is 12.7 Å². The molecule has 1 aromatic carbocycles. The Hall–Kier alpha value is -1.51. The Morgan fingerprint density at radius 2 is 1.95 bits per heavy atom. The van der Waals surface area contributed by atoms with Crippen molar-refractivity contribution in [2.24, 2.45) is 5.92 Å². The Labute approximate surface area is 120 Å². The van der Waals surface area contributed by atoms with Crippen molar-refractivity contribution in [2.45, 2.75) is 44.4 Å². The van der Waals surface area contributed by atoms with Crippen molar-refractivity contribution in [2.75, 3.05) is 19.1 Å². The third-order valence-electron chi connectivity index (χ3n) is 5.30. The van der Waals surface area contributed by atoms with Gasteiger partial charge in [-0.2, -0.15) is 0 Å². The minimum Gasteiger partial charge on any atom is -0.497 e. The van der Waals surface area contributed by atoms with Gasteiger partial charge in [-0.05, 0) is 49.4 Å². The molecule has 2 aliphatic rings. The molecule has 1 atom stereocenters. The van der Waals surface area contributed by atoms with E-state index >= 15 is 0 Å². The first-order valence-electron chi connectivity index (χ1n) is 7.55. The van der Waals surface area contributed by atoms with E-state index < -0.39 is 0 Å². The Morgan fingerprint density at radius 3 is 2.60 bits per heavy atom. The number of carbonyl (C=O) groups excluding carboxylic acids is 1. The number of ether oxygens (including phenoxy) is 1. The fourth-order valence-electron chi connectivity index (χ4n) is 4.00. The highest BCUT2D eigenvalue weighted by Crippen LogP contribution is 2.50. The van der Waals surface area contributed by atoms with E-state index in [0.717, 1.165) is 29.8 Å². The molecule has 1 heterocycles. The summed E-state index contributed by atoms with van der Waals surface area (Å²) in [5.41, 5.74) is 1.82. The number of hydrogen-bond acceptors (Lipinski definition) is 2. The van der Waals surface area contributed by atoms with Crippen LogP contribution in [0.2, 0.25) is 0 Å². The van der Waals surface area contributed by atoms with Gasteiger partial charge in [0.2, 0.25) is 5.91 Å². The average Bonchev–Trinajstić information content (AvgIpc) is 2.70. The van der Waals surface area contributed by atoms with Crippen molar-refractivity contribution >= 4 is 11.6 Å². The van der Waals surface area contributed by atoms with E-state index in [1.54, 1.807) is 7.11 Å². The highest BCUT2D eigenvalue weighted by atomic mass is 16.5. The number of carbonyl (C=O) groups is 1. The first-order valence-corrected chi connectivity index (χ1v) is 7.55. The lowest BCUT2D eigenvalue weighted by atomic mass is 9.67. The Bertz CT molecular complexity index is 534. The van der Waals surface area contributed by atoms with E-state index in [2.05, 4.69) is 13.0 Å². The second kappa shape index (κ2) is 4.80. The number of benzene rings is 1. The highest BCUT2D eigenvalue weighted by Gasteiger charge is 2.51. The first-order chi connectivity index (χ1) is 9.59. The predicted molar refractivity (Wildman–Crippen MR) is 80.3 cm³/mol. The van der Waals surface area contributed by atoms with Crippen LogP contribution in [-0.2, 0) is 10.2 Å². The molecule has 108 valence electrons. The van der Waals surface area contributed by atoms with E-state index in [4.69, 9.17) is 4.74 Å². The van der Waals surface area contributed by atoms with Crippen LogP contribution in [0.3, 0.4) is 0 Å². The molecule has 1 unspecified atom stereocenters. The van der Waals surface area contributed by atoms with Gasteiger partial charge in [-0.3, -0.25) is 4.79 Å². The number of rotatable bonds is 2. The SMILES string of the molecule is COc1ccc2c(c1)C(C)(C1CCCCC1)C(=O)N2C. The molecular weight excluding hydrogens is 250 g/mol. The smallest absolute Gasteiger partial charge is 0.237 e. The molecule has 3 nitrogen and oxygen atoms in total. The van der Waals surface area contributed by atoms with E-state index in [9.17, 15) is 4.79 Å². The average molecular weight is 273 g/mol. The van der Waals surface area contributed by atoms with Crippen molar-refractivity contribution in [3.8, 4) is 5.75 Å². The molecule has 1 saturated carbocycles. The zero-order valence-corrected chi connectivity index (χ0v) is 12.6. The van der Waals surface area contributed by atoms with Gasteiger partial charge in [0.05, 0.1) is 12.5 Å². The molecule has 1 aromatic rings. The number of amides is 1. The van der Waals surface area contributed by atoms with Gasteiger partial charge in [0.25, 0.3) is 0 Å². The van der Waals surface area contributed by atoms with Crippen molar-refractivity contribution < 1.29 is 9.53 Å². The molecule has 1 aliphatic heterocycles. The molecule has 0 saturated heterocycles. The molecule has 0 aromatic heterocycles. The van der Waals surface area contributed by atoms with E-state index in [-0.39, 0.29) is 11.3 Å². The number of nitrogens with zero attached hydrogens (tertiary/aromatic N) is 1. The topological polar surface area (TPSA) is 29.5 Å². The zero-order chi connectivity index (χ0) is 14.3. The minimum atomic E-state index is -0.376. The predicted octanol–water partition coefficient (Wildman–Crippen LogP) is 3.51. The number of methoxy groups -OCH3 is 1. The lowest BCUT2D eigenvalue weighted by molar-refractivity contribution is -0.124. The Balaban J connectivity index is 2.09. The molecule has 0 radical (unpaired) electrons. The van der Waals surface area contributed by atoms with E-state index in [1.165, 1.54) is 19.3 Å². The van der Waals surface area contributed by atoms with Crippen LogP contribution in [0.4, 0.5) is 5.69 Å². The van der Waals surface area contributed by atoms with Crippen molar-refractivity contribution in [1.29, 1.82) is 0 Å². The van der Waals surface area contributed by atoms with Crippen LogP contribution in [0.1, 0.15) is 44.6 Å². The summed E-state index contributed by atoms with van der Waals surface area (Å²) >= 11 is 0. The van der Waals surface area contributed by atoms with Gasteiger partial charge >= 0.3 is 0 Å². The van der Waals surface area contributed by atoms with Crippen molar-refractivity contribution in [3.63, 3.8) is 0 Å². The van der Waals surface area contributed by atoms with Crippen LogP contribution in [0, 0.1) is 5.92 Å². The molecule has 0 bridgehead atoms. The van der Waals surface area contributed by atoms with Gasteiger partial charge in [-0.1, -0.05) is 19.3 Å². The van der Waals surface area contributed by atoms with Gasteiger partial charge in [-0.25, -0.2) is 0 Å². The van der Waals surface area contributed by atoms with Crippen LogP contribution >= 0.6 is 0 Å². The Kier molecular flexibility index (Phi) is 3.23. The van der Waals surface area contributed by atoms with E-state index in [0.29, 0.717) is 5.92 Å². The van der Waals surface area contributed by atoms with Crippen molar-refractivity contribution in [3.05, 3.63) is 23.8 Å². The maximum atomic E-state index is 12.9. The third kappa shape index (κ3) is 1.75. The normalized spacial score (nSPS) is 26.8. The van der Waals surface area contributed by atoms with Gasteiger partial charge < -0.3 is 9.64 Å². The quantitative estimate of drug-likeness (QED) is 0.825. The maximum Gasteiger partial charge on any atom is 0.237 e. The molecule has 1 aliphatic carbocycles. The fourth-order valence-corrected chi connectivity index (χ4v) is 4.00. The fraction of sp³-hybridized carbons (Fsp3) is 0.588. The lowest BCUT2D eigenvalue weighted by Crippen LogP contribution is -2.42. The number of fused-ring (bicyclic) bond motifs is 1. The summed E-state index contributed by atoms with van der Waals surface area (Å²) in [7, 11) is 3.57. The standard InChI is InChI=1S/C17H23NO2/c1-17(12-7-5-4-6-8-12)14-11-13(20-3)9-10-15(14)18(2)16(17)19/h9-12H,4-8H2,1-3H3. The summed E-state index contributed by atoms with van der Waals surface area (Å²) in [6.45, 7) is 2.13. The maximum absolute atomic E-state index is 12.9. The first kappa shape index (κ1) is 13.5. The monoisotopic (exact) mass is 273 g/mol. The number of hydrogen-bond donors (Lipinski definition) is 0. The molecule has 0 spiro atoms. The summed E-state index contributed by atoms with van der Waals surface area (Å²) in [5, 5.41) is 0. The van der Waals surface area contributed by atoms with Crippen LogP contribution in [-0.4, -0.2) is 20.1 Å². The van der Waals surface area contributed by atoms with E-state index in [1.807, 2.05) is 24.1 Å². The summed E-state index contributed by atoms with van der Waals surface area (Å²) in [6, 6.07) is 6.01. The summed E-state index contributed by atoms with van der Waals surface area (Å²) in [4.78, 5) is 14.7. The van der Waals surface area contributed by atoms with Crippen LogP contribution in [0.5, 0.6) is 5.75 Å². The molecule has 3 rings (SSSR count). The lowest BCUT2D eigenvalue weighted by Gasteiger charge is -2.35. The zero-order valence-electron chi connectivity index (χ0n) is 12.6. The molecule has 0 N–H and O–H groups in total. The molecule has 3 heteroatoms. The molecular formula is C17H23NO2. The van der Waals surface area contributed by atoms with Crippen LogP contribution < -0.4 is 9.64 Å². The third-order valence-corrected chi connectivity index (χ3v) is 5.30. The van der Waals surface area contributed by atoms with Crippen LogP contribution in [0.25, 0.3) is 0 Å². The Morgan fingerprint density at radius 1 is 1.25 bits per heavy atom. The number of anilines is 1. The van der Waals surface area contributed by atoms with Gasteiger partial charge in [0.15, 0.2) is 0 Å². The second-order valence-electron chi connectivity index (χ2n) is 6.28. The summed E-state index contributed by atoms with van der Waals surface area (Å²) in [5.74, 6) is 1.54. The molecule has 1 amide bonds. The second-order valence-corrected chi connectivity index (χ2v) is 6.28. The largest absolute Gasteiger partial charge is 0.497 e. The van der Waals surface area contributed by atoms with Gasteiger partial charge in [0.1, 0.15) is 5.75 Å². The highest BCUT2D eigenvalue weighted by molar-refractivity contribution is 6.07. The number of likely N-dealkylation sites (N-methyl/N-ethyl adjacent to an activating group) is 1. The summed E-state index contributed by atoms with van der Waals surface area (Å²) in [6.07, 6.45) is 6.12. The summed E-state index contributed by atoms with van der Waals surface area (Å²) < 4.78 is 5.36. The molecule has 1 fully saturated rings. The molecule has 20 heavy (non-hydrogen) atoms.